The van der Waals surface area contributed by atoms with E-state index in [4.69, 9.17) is 9.47 Å². The van der Waals surface area contributed by atoms with Crippen LogP contribution in [0.1, 0.15) is 105 Å². The van der Waals surface area contributed by atoms with E-state index < -0.39 is 0 Å². The van der Waals surface area contributed by atoms with Crippen LogP contribution in [0.2, 0.25) is 0 Å². The molecule has 0 saturated carbocycles. The Morgan fingerprint density at radius 1 is 0.900 bits per heavy atom. The number of benzene rings is 2. The zero-order chi connectivity index (χ0) is 27.7. The van der Waals surface area contributed by atoms with Crippen LogP contribution in [-0.4, -0.2) is 19.6 Å². The van der Waals surface area contributed by atoms with Gasteiger partial charge in [-0.3, -0.25) is 4.79 Å². The third-order valence-corrected chi connectivity index (χ3v) is 8.01. The van der Waals surface area contributed by atoms with Crippen LogP contribution in [0.5, 0.6) is 11.5 Å². The fourth-order valence-electron chi connectivity index (χ4n) is 4.75. The van der Waals surface area contributed by atoms with Crippen LogP contribution in [-0.2, 0) is 6.54 Å². The maximum Gasteiger partial charge on any atom is 0.259 e. The molecule has 1 heterocycles. The predicted octanol–water partition coefficient (Wildman–Crippen LogP) is 5.74. The molecule has 0 unspecified atom stereocenters. The number of hydrogen-bond donors (Lipinski definition) is 1. The Kier molecular flexibility index (Phi) is 16.6. The lowest BCUT2D eigenvalue weighted by Gasteiger charge is -2.14. The summed E-state index contributed by atoms with van der Waals surface area (Å²) in [6, 6.07) is 13.4. The van der Waals surface area contributed by atoms with E-state index in [1.54, 1.807) is 24.5 Å². The number of anilines is 1. The molecule has 2 aromatic carbocycles. The first-order valence-corrected chi connectivity index (χ1v) is 15.6. The van der Waals surface area contributed by atoms with Gasteiger partial charge in [-0.05, 0) is 24.6 Å². The molecule has 0 bridgehead atoms. The average Bonchev–Trinajstić information content (AvgIpc) is 3.36. The molecule has 5 nitrogen and oxygen atoms in total. The Hall–Kier alpha value is -2.38. The van der Waals surface area contributed by atoms with Crippen molar-refractivity contribution in [2.45, 2.75) is 97.4 Å². The Morgan fingerprint density at radius 2 is 1.55 bits per heavy atom. The van der Waals surface area contributed by atoms with E-state index in [0.29, 0.717) is 30.2 Å². The molecule has 0 radical (unpaired) electrons. The summed E-state index contributed by atoms with van der Waals surface area (Å²) < 4.78 is 13.7. The maximum atomic E-state index is 13.4. The molecule has 7 heteroatoms. The van der Waals surface area contributed by atoms with Crippen LogP contribution in [0.3, 0.4) is 0 Å². The summed E-state index contributed by atoms with van der Waals surface area (Å²) in [7, 11) is 1.63. The fraction of sp³-hybridized carbons (Fsp3) is 0.515. The number of nitrogens with zero attached hydrogens (tertiary/aromatic N) is 1. The Morgan fingerprint density at radius 3 is 2.17 bits per heavy atom. The largest absolute Gasteiger partial charge is 1.00 e. The van der Waals surface area contributed by atoms with Gasteiger partial charge >= 0.3 is 0 Å². The molecule has 220 valence electrons. The second kappa shape index (κ2) is 19.7. The topological polar surface area (TPSA) is 51.4 Å². The molecule has 0 aliphatic rings. The van der Waals surface area contributed by atoms with Gasteiger partial charge in [-0.2, -0.15) is 4.57 Å². The summed E-state index contributed by atoms with van der Waals surface area (Å²) >= 11 is 1.71. The summed E-state index contributed by atoms with van der Waals surface area (Å²) in [6.07, 6.45) is 17.7. The number of carbonyl (C=O) groups is 1. The lowest BCUT2D eigenvalue weighted by atomic mass is 10.1. The average molecular weight is 632 g/mol. The van der Waals surface area contributed by atoms with Gasteiger partial charge in [0.2, 0.25) is 5.01 Å². The van der Waals surface area contributed by atoms with E-state index in [2.05, 4.69) is 41.4 Å². The van der Waals surface area contributed by atoms with Crippen molar-refractivity contribution in [1.29, 1.82) is 0 Å². The standard InChI is InChI=1S/C33H46N2O3S.BrH/c1-4-5-6-7-8-9-10-11-12-13-14-17-23-38-32-25-29(37-3)20-21-30(32)33(36)34-31-19-16-15-18-28(31)26-35-22-24-39-27(35)2;/h15-16,18-22,24-25H,4-14,17,23,26H2,1-3H3;1H. The van der Waals surface area contributed by atoms with Crippen molar-refractivity contribution in [2.75, 3.05) is 19.0 Å². The monoisotopic (exact) mass is 630 g/mol. The smallest absolute Gasteiger partial charge is 0.259 e. The zero-order valence-electron chi connectivity index (χ0n) is 24.6. The molecule has 40 heavy (non-hydrogen) atoms. The first kappa shape index (κ1) is 33.8. The number of methoxy groups -OCH3 is 1. The van der Waals surface area contributed by atoms with Gasteiger partial charge in [0.1, 0.15) is 11.5 Å². The van der Waals surface area contributed by atoms with E-state index in [1.807, 2.05) is 30.3 Å². The van der Waals surface area contributed by atoms with Gasteiger partial charge in [0.15, 0.2) is 12.7 Å². The van der Waals surface area contributed by atoms with Crippen LogP contribution in [0.15, 0.2) is 54.0 Å². The van der Waals surface area contributed by atoms with Gasteiger partial charge in [-0.15, -0.1) is 0 Å². The summed E-state index contributed by atoms with van der Waals surface area (Å²) in [6.45, 7) is 5.67. The number of para-hydroxylation sites is 1. The Balaban J connectivity index is 0.00000560. The minimum absolute atomic E-state index is 0. The number of hydrogen-bond acceptors (Lipinski definition) is 4. The van der Waals surface area contributed by atoms with Crippen LogP contribution in [0.4, 0.5) is 5.69 Å². The first-order valence-electron chi connectivity index (χ1n) is 14.8. The molecule has 1 amide bonds. The predicted molar refractivity (Wildman–Crippen MR) is 162 cm³/mol. The van der Waals surface area contributed by atoms with Gasteiger partial charge in [0, 0.05) is 18.6 Å². The van der Waals surface area contributed by atoms with E-state index in [9.17, 15) is 4.79 Å². The molecule has 3 rings (SSSR count). The van der Waals surface area contributed by atoms with E-state index in [0.717, 1.165) is 24.1 Å². The van der Waals surface area contributed by atoms with Gasteiger partial charge < -0.3 is 31.8 Å². The van der Waals surface area contributed by atoms with Crippen LogP contribution in [0, 0.1) is 6.92 Å². The summed E-state index contributed by atoms with van der Waals surface area (Å²) in [5.74, 6) is 1.07. The maximum absolute atomic E-state index is 13.4. The van der Waals surface area contributed by atoms with Gasteiger partial charge in [-0.25, -0.2) is 0 Å². The number of thiazole rings is 1. The third-order valence-electron chi connectivity index (χ3n) is 7.18. The highest BCUT2D eigenvalue weighted by Gasteiger charge is 2.17. The molecule has 3 aromatic rings. The van der Waals surface area contributed by atoms with Gasteiger partial charge in [0.25, 0.3) is 5.91 Å². The van der Waals surface area contributed by atoms with Crippen LogP contribution < -0.4 is 36.3 Å². The quantitative estimate of drug-likeness (QED) is 0.136. The van der Waals surface area contributed by atoms with Crippen molar-refractivity contribution < 1.29 is 35.8 Å². The molecule has 0 fully saturated rings. The number of nitrogens with one attached hydrogen (secondary N) is 1. The Labute approximate surface area is 256 Å². The van der Waals surface area contributed by atoms with E-state index >= 15 is 0 Å². The third kappa shape index (κ3) is 11.6. The van der Waals surface area contributed by atoms with Gasteiger partial charge in [0.05, 0.1) is 30.3 Å². The SMILES string of the molecule is CCCCCCCCCCCCCCOc1cc(OC)ccc1C(=O)Nc1ccccc1C[n+]1ccsc1C.[Br-]. The number of aryl methyl sites for hydroxylation is 1. The Bertz CT molecular complexity index is 1130. The first-order chi connectivity index (χ1) is 19.1. The van der Waals surface area contributed by atoms with Crippen molar-refractivity contribution in [3.05, 3.63) is 70.2 Å². The zero-order valence-corrected chi connectivity index (χ0v) is 27.0. The summed E-state index contributed by atoms with van der Waals surface area (Å²) in [4.78, 5) is 13.4. The van der Waals surface area contributed by atoms with Gasteiger partial charge in [-0.1, -0.05) is 107 Å². The molecular formula is C33H47BrN2O3S. The lowest BCUT2D eigenvalue weighted by Crippen LogP contribution is -3.00. The molecule has 0 atom stereocenters. The molecule has 1 N–H and O–H groups in total. The van der Waals surface area contributed by atoms with Crippen LogP contribution in [0.25, 0.3) is 0 Å². The molecule has 0 aliphatic carbocycles. The van der Waals surface area contributed by atoms with E-state index in [1.165, 1.54) is 69.2 Å². The second-order valence-electron chi connectivity index (χ2n) is 10.3. The highest BCUT2D eigenvalue weighted by Crippen LogP contribution is 2.27. The summed E-state index contributed by atoms with van der Waals surface area (Å²) in [5.41, 5.74) is 2.39. The lowest BCUT2D eigenvalue weighted by molar-refractivity contribution is -0.689. The number of carbonyl (C=O) groups excluding carboxylic acids is 1. The molecular weight excluding hydrogens is 584 g/mol. The number of rotatable bonds is 19. The summed E-state index contributed by atoms with van der Waals surface area (Å²) in [5, 5.41) is 6.42. The van der Waals surface area contributed by atoms with Crippen molar-refractivity contribution in [3.8, 4) is 11.5 Å². The number of unbranched alkanes of at least 4 members (excludes halogenated alkanes) is 11. The second-order valence-corrected chi connectivity index (χ2v) is 11.4. The van der Waals surface area contributed by atoms with Crippen molar-refractivity contribution >= 4 is 22.9 Å². The molecule has 0 saturated heterocycles. The fourth-order valence-corrected chi connectivity index (χ4v) is 5.42. The minimum atomic E-state index is -0.179. The van der Waals surface area contributed by atoms with E-state index in [-0.39, 0.29) is 22.9 Å². The number of ether oxygens (including phenoxy) is 2. The van der Waals surface area contributed by atoms with Crippen molar-refractivity contribution in [2.24, 2.45) is 0 Å². The molecule has 0 aliphatic heterocycles. The van der Waals surface area contributed by atoms with Crippen molar-refractivity contribution in [3.63, 3.8) is 0 Å². The number of halogens is 1. The molecule has 1 aromatic heterocycles. The minimum Gasteiger partial charge on any atom is -1.00 e. The highest BCUT2D eigenvalue weighted by molar-refractivity contribution is 7.09. The normalized spacial score (nSPS) is 10.7. The number of amides is 1. The highest BCUT2D eigenvalue weighted by atomic mass is 79.9. The molecule has 0 spiro atoms. The van der Waals surface area contributed by atoms with Crippen LogP contribution >= 0.6 is 11.3 Å². The van der Waals surface area contributed by atoms with Crippen molar-refractivity contribution in [1.82, 2.24) is 0 Å². The number of aromatic nitrogens is 1.